The molecule has 0 heterocycles. The standard InChI is InChI=1S/C10H16F3N3O/c1-8(2)16(5-3-4-14)9(17)6-15-7-10(11,12)13/h8,15H,3,5-7H2,1-2H3. The van der Waals surface area contributed by atoms with Crippen molar-refractivity contribution in [2.24, 2.45) is 0 Å². The van der Waals surface area contributed by atoms with Crippen LogP contribution in [0.5, 0.6) is 0 Å². The predicted molar refractivity (Wildman–Crippen MR) is 56.0 cm³/mol. The number of carbonyl (C=O) groups excluding carboxylic acids is 1. The highest BCUT2D eigenvalue weighted by Gasteiger charge is 2.27. The average Bonchev–Trinajstić information content (AvgIpc) is 2.15. The van der Waals surface area contributed by atoms with Gasteiger partial charge in [0.25, 0.3) is 0 Å². The van der Waals surface area contributed by atoms with Crippen LogP contribution in [0.3, 0.4) is 0 Å². The first-order valence-corrected chi connectivity index (χ1v) is 5.22. The van der Waals surface area contributed by atoms with Crippen molar-refractivity contribution in [2.45, 2.75) is 32.5 Å². The van der Waals surface area contributed by atoms with Crippen LogP contribution in [0, 0.1) is 11.3 Å². The number of hydrogen-bond donors (Lipinski definition) is 1. The summed E-state index contributed by atoms with van der Waals surface area (Å²) in [5, 5.41) is 10.4. The zero-order valence-corrected chi connectivity index (χ0v) is 9.84. The molecule has 98 valence electrons. The second-order valence-corrected chi connectivity index (χ2v) is 3.81. The van der Waals surface area contributed by atoms with Gasteiger partial charge in [0.2, 0.25) is 5.91 Å². The maximum atomic E-state index is 11.8. The summed E-state index contributed by atoms with van der Waals surface area (Å²) < 4.78 is 35.5. The van der Waals surface area contributed by atoms with Crippen molar-refractivity contribution in [3.63, 3.8) is 0 Å². The van der Waals surface area contributed by atoms with E-state index in [2.05, 4.69) is 0 Å². The smallest absolute Gasteiger partial charge is 0.338 e. The van der Waals surface area contributed by atoms with Gasteiger partial charge < -0.3 is 10.2 Å². The van der Waals surface area contributed by atoms with Gasteiger partial charge in [0.15, 0.2) is 0 Å². The van der Waals surface area contributed by atoms with E-state index in [4.69, 9.17) is 5.26 Å². The Balaban J connectivity index is 4.11. The quantitative estimate of drug-likeness (QED) is 0.774. The fraction of sp³-hybridized carbons (Fsp3) is 0.800. The van der Waals surface area contributed by atoms with Crippen LogP contribution >= 0.6 is 0 Å². The molecule has 0 aliphatic heterocycles. The number of rotatable bonds is 6. The van der Waals surface area contributed by atoms with Gasteiger partial charge in [-0.2, -0.15) is 18.4 Å². The van der Waals surface area contributed by atoms with E-state index in [-0.39, 0.29) is 25.6 Å². The monoisotopic (exact) mass is 251 g/mol. The summed E-state index contributed by atoms with van der Waals surface area (Å²) in [7, 11) is 0. The SMILES string of the molecule is CC(C)N(CCC#N)C(=O)CNCC(F)(F)F. The topological polar surface area (TPSA) is 56.1 Å². The Hall–Kier alpha value is -1.29. The molecule has 7 heteroatoms. The Morgan fingerprint density at radius 1 is 1.47 bits per heavy atom. The van der Waals surface area contributed by atoms with Crippen LogP contribution in [0.25, 0.3) is 0 Å². The van der Waals surface area contributed by atoms with Gasteiger partial charge in [-0.1, -0.05) is 0 Å². The van der Waals surface area contributed by atoms with E-state index < -0.39 is 18.6 Å². The second kappa shape index (κ2) is 7.12. The Kier molecular flexibility index (Phi) is 6.58. The van der Waals surface area contributed by atoms with Crippen LogP contribution < -0.4 is 5.32 Å². The molecule has 1 N–H and O–H groups in total. The van der Waals surface area contributed by atoms with Crippen LogP contribution in [-0.2, 0) is 4.79 Å². The largest absolute Gasteiger partial charge is 0.401 e. The molecule has 4 nitrogen and oxygen atoms in total. The minimum Gasteiger partial charge on any atom is -0.338 e. The fourth-order valence-electron chi connectivity index (χ4n) is 1.25. The molecule has 0 radical (unpaired) electrons. The highest BCUT2D eigenvalue weighted by atomic mass is 19.4. The summed E-state index contributed by atoms with van der Waals surface area (Å²) in [4.78, 5) is 12.9. The number of alkyl halides is 3. The normalized spacial score (nSPS) is 11.4. The third-order valence-electron chi connectivity index (χ3n) is 2.01. The molecule has 17 heavy (non-hydrogen) atoms. The molecule has 0 bridgehead atoms. The van der Waals surface area contributed by atoms with Crippen LogP contribution in [-0.4, -0.2) is 42.7 Å². The minimum absolute atomic E-state index is 0.136. The second-order valence-electron chi connectivity index (χ2n) is 3.81. The van der Waals surface area contributed by atoms with Gasteiger partial charge >= 0.3 is 6.18 Å². The maximum absolute atomic E-state index is 11.8. The Morgan fingerprint density at radius 2 is 2.06 bits per heavy atom. The number of nitrogens with zero attached hydrogens (tertiary/aromatic N) is 2. The molecular formula is C10H16F3N3O. The summed E-state index contributed by atoms with van der Waals surface area (Å²) in [5.74, 6) is -0.431. The molecule has 1 amide bonds. The number of hydrogen-bond acceptors (Lipinski definition) is 3. The highest BCUT2D eigenvalue weighted by Crippen LogP contribution is 2.12. The molecule has 0 atom stereocenters. The van der Waals surface area contributed by atoms with Gasteiger partial charge in [0, 0.05) is 12.6 Å². The fourth-order valence-corrected chi connectivity index (χ4v) is 1.25. The average molecular weight is 251 g/mol. The number of nitrogens with one attached hydrogen (secondary N) is 1. The molecule has 0 fully saturated rings. The minimum atomic E-state index is -4.32. The molecule has 0 spiro atoms. The summed E-state index contributed by atoms with van der Waals surface area (Å²) in [6.07, 6.45) is -4.15. The third-order valence-corrected chi connectivity index (χ3v) is 2.01. The third kappa shape index (κ3) is 7.58. The van der Waals surface area contributed by atoms with Crippen molar-refractivity contribution in [2.75, 3.05) is 19.6 Å². The van der Waals surface area contributed by atoms with E-state index in [0.29, 0.717) is 0 Å². The lowest BCUT2D eigenvalue weighted by atomic mass is 10.3. The van der Waals surface area contributed by atoms with Crippen molar-refractivity contribution < 1.29 is 18.0 Å². The summed E-state index contributed by atoms with van der Waals surface area (Å²) >= 11 is 0. The summed E-state index contributed by atoms with van der Waals surface area (Å²) in [5.41, 5.74) is 0. The first kappa shape index (κ1) is 15.7. The maximum Gasteiger partial charge on any atom is 0.401 e. The molecule has 0 unspecified atom stereocenters. The molecular weight excluding hydrogens is 235 g/mol. The van der Waals surface area contributed by atoms with Crippen LogP contribution in [0.4, 0.5) is 13.2 Å². The van der Waals surface area contributed by atoms with Gasteiger partial charge in [-0.15, -0.1) is 0 Å². The van der Waals surface area contributed by atoms with E-state index in [1.54, 1.807) is 13.8 Å². The molecule has 0 saturated heterocycles. The van der Waals surface area contributed by atoms with Crippen molar-refractivity contribution in [3.05, 3.63) is 0 Å². The Bertz CT molecular complexity index is 284. The van der Waals surface area contributed by atoms with Crippen molar-refractivity contribution >= 4 is 5.91 Å². The Labute approximate surface area is 98.4 Å². The zero-order valence-electron chi connectivity index (χ0n) is 9.84. The first-order valence-electron chi connectivity index (χ1n) is 5.22. The van der Waals surface area contributed by atoms with E-state index in [1.165, 1.54) is 4.90 Å². The van der Waals surface area contributed by atoms with E-state index >= 15 is 0 Å². The first-order chi connectivity index (χ1) is 7.78. The number of nitriles is 1. The predicted octanol–water partition coefficient (Wildman–Crippen LogP) is 1.29. The molecule has 0 aromatic carbocycles. The molecule has 0 rings (SSSR count). The van der Waals surface area contributed by atoms with Crippen LogP contribution in [0.1, 0.15) is 20.3 Å². The Morgan fingerprint density at radius 3 is 2.47 bits per heavy atom. The van der Waals surface area contributed by atoms with E-state index in [1.807, 2.05) is 11.4 Å². The van der Waals surface area contributed by atoms with Gasteiger partial charge in [-0.3, -0.25) is 4.79 Å². The van der Waals surface area contributed by atoms with Crippen LogP contribution in [0.15, 0.2) is 0 Å². The molecule has 0 aromatic heterocycles. The van der Waals surface area contributed by atoms with Gasteiger partial charge in [-0.25, -0.2) is 0 Å². The van der Waals surface area contributed by atoms with Crippen molar-refractivity contribution in [1.82, 2.24) is 10.2 Å². The van der Waals surface area contributed by atoms with Gasteiger partial charge in [-0.05, 0) is 13.8 Å². The molecule has 0 aliphatic carbocycles. The number of amides is 1. The van der Waals surface area contributed by atoms with E-state index in [9.17, 15) is 18.0 Å². The van der Waals surface area contributed by atoms with Crippen LogP contribution in [0.2, 0.25) is 0 Å². The number of carbonyl (C=O) groups is 1. The van der Waals surface area contributed by atoms with Gasteiger partial charge in [0.1, 0.15) is 0 Å². The van der Waals surface area contributed by atoms with Crippen molar-refractivity contribution in [3.8, 4) is 6.07 Å². The number of halogens is 3. The molecule has 0 aromatic rings. The van der Waals surface area contributed by atoms with Crippen molar-refractivity contribution in [1.29, 1.82) is 5.26 Å². The lowest BCUT2D eigenvalue weighted by molar-refractivity contribution is -0.135. The van der Waals surface area contributed by atoms with E-state index in [0.717, 1.165) is 0 Å². The summed E-state index contributed by atoms with van der Waals surface area (Å²) in [6.45, 7) is 2.17. The molecule has 0 aliphatic rings. The lowest BCUT2D eigenvalue weighted by Gasteiger charge is -2.26. The zero-order chi connectivity index (χ0) is 13.5. The summed E-state index contributed by atoms with van der Waals surface area (Å²) in [6, 6.07) is 1.76. The highest BCUT2D eigenvalue weighted by molar-refractivity contribution is 5.78. The van der Waals surface area contributed by atoms with Gasteiger partial charge in [0.05, 0.1) is 25.6 Å². The molecule has 0 saturated carbocycles. The lowest BCUT2D eigenvalue weighted by Crippen LogP contribution is -2.44.